The molecule has 0 radical (unpaired) electrons. The quantitative estimate of drug-likeness (QED) is 0.697. The number of hydrogen-bond donors (Lipinski definition) is 3. The van der Waals surface area contributed by atoms with Crippen molar-refractivity contribution in [3.63, 3.8) is 0 Å². The fraction of sp³-hybridized carbons (Fsp3) is 0.308. The molecule has 0 aromatic heterocycles. The molecule has 0 unspecified atom stereocenters. The first-order valence-corrected chi connectivity index (χ1v) is 6.76. The van der Waals surface area contributed by atoms with Crippen molar-refractivity contribution in [2.75, 3.05) is 12.4 Å². The van der Waals surface area contributed by atoms with Crippen molar-refractivity contribution in [1.29, 1.82) is 0 Å². The van der Waals surface area contributed by atoms with Gasteiger partial charge in [-0.1, -0.05) is 6.07 Å². The van der Waals surface area contributed by atoms with Gasteiger partial charge in [-0.05, 0) is 40.5 Å². The number of methoxy groups -OCH3 is 1. The number of rotatable bonds is 5. The summed E-state index contributed by atoms with van der Waals surface area (Å²) < 4.78 is 5.04. The molecule has 0 aliphatic heterocycles. The molecule has 0 bridgehead atoms. The van der Waals surface area contributed by atoms with E-state index < -0.39 is 30.4 Å². The normalized spacial score (nSPS) is 11.4. The van der Waals surface area contributed by atoms with Crippen LogP contribution in [0.1, 0.15) is 12.0 Å². The predicted molar refractivity (Wildman–Crippen MR) is 79.1 cm³/mol. The summed E-state index contributed by atoms with van der Waals surface area (Å²) in [7, 11) is 1.14. The Hall–Kier alpha value is -2.09. The summed E-state index contributed by atoms with van der Waals surface area (Å²) in [5.74, 6) is -2.04. The van der Waals surface area contributed by atoms with E-state index in [2.05, 4.69) is 31.3 Å². The lowest BCUT2D eigenvalue weighted by molar-refractivity contribution is -0.147. The maximum atomic E-state index is 11.8. The van der Waals surface area contributed by atoms with Crippen LogP contribution in [0.2, 0.25) is 0 Å². The van der Waals surface area contributed by atoms with Gasteiger partial charge in [0.15, 0.2) is 0 Å². The number of ether oxygens (including phenoxy) is 1. The van der Waals surface area contributed by atoms with Crippen LogP contribution in [0.4, 0.5) is 10.5 Å². The van der Waals surface area contributed by atoms with Crippen LogP contribution in [0.3, 0.4) is 0 Å². The monoisotopic (exact) mass is 358 g/mol. The predicted octanol–water partition coefficient (Wildman–Crippen LogP) is 1.90. The maximum absolute atomic E-state index is 11.8. The van der Waals surface area contributed by atoms with Gasteiger partial charge >= 0.3 is 18.0 Å². The fourth-order valence-corrected chi connectivity index (χ4v) is 1.85. The van der Waals surface area contributed by atoms with E-state index in [9.17, 15) is 14.4 Å². The van der Waals surface area contributed by atoms with Crippen LogP contribution in [0.5, 0.6) is 0 Å². The number of anilines is 1. The molecule has 0 aliphatic carbocycles. The molecule has 0 spiro atoms. The van der Waals surface area contributed by atoms with Crippen molar-refractivity contribution in [1.82, 2.24) is 5.32 Å². The number of carboxylic acids is 1. The average Bonchev–Trinajstić information content (AvgIpc) is 2.41. The van der Waals surface area contributed by atoms with Gasteiger partial charge in [-0.25, -0.2) is 9.59 Å². The molecule has 0 saturated heterocycles. The summed E-state index contributed by atoms with van der Waals surface area (Å²) in [4.78, 5) is 33.9. The first-order valence-electron chi connectivity index (χ1n) is 5.96. The largest absolute Gasteiger partial charge is 0.480 e. The highest BCUT2D eigenvalue weighted by molar-refractivity contribution is 9.10. The number of esters is 1. The Morgan fingerprint density at radius 3 is 2.62 bits per heavy atom. The highest BCUT2D eigenvalue weighted by atomic mass is 79.9. The number of carbonyl (C=O) groups excluding carboxylic acids is 2. The number of aliphatic carboxylic acids is 1. The molecule has 114 valence electrons. The molecule has 0 fully saturated rings. The Bertz CT molecular complexity index is 561. The van der Waals surface area contributed by atoms with Gasteiger partial charge in [-0.3, -0.25) is 4.79 Å². The molecular weight excluding hydrogens is 344 g/mol. The Labute approximate surface area is 129 Å². The van der Waals surface area contributed by atoms with Crippen LogP contribution in [-0.2, 0) is 14.3 Å². The van der Waals surface area contributed by atoms with Gasteiger partial charge in [0.05, 0.1) is 19.2 Å². The third kappa shape index (κ3) is 5.42. The van der Waals surface area contributed by atoms with Gasteiger partial charge in [0.1, 0.15) is 6.04 Å². The number of carbonyl (C=O) groups is 3. The van der Waals surface area contributed by atoms with E-state index in [1.165, 1.54) is 0 Å². The third-order valence-corrected chi connectivity index (χ3v) is 3.26. The van der Waals surface area contributed by atoms with E-state index >= 15 is 0 Å². The molecule has 1 atom stereocenters. The lowest BCUT2D eigenvalue weighted by atomic mass is 10.2. The fourth-order valence-electron chi connectivity index (χ4n) is 1.50. The van der Waals surface area contributed by atoms with Crippen molar-refractivity contribution in [3.05, 3.63) is 28.2 Å². The summed E-state index contributed by atoms with van der Waals surface area (Å²) in [5, 5.41) is 13.7. The van der Waals surface area contributed by atoms with Crippen LogP contribution in [-0.4, -0.2) is 36.2 Å². The lowest BCUT2D eigenvalue weighted by Gasteiger charge is -2.15. The first-order chi connectivity index (χ1) is 9.83. The van der Waals surface area contributed by atoms with Gasteiger partial charge in [-0.2, -0.15) is 0 Å². The Kier molecular flexibility index (Phi) is 6.16. The molecule has 2 amide bonds. The second-order valence-corrected chi connectivity index (χ2v) is 5.11. The smallest absolute Gasteiger partial charge is 0.326 e. The summed E-state index contributed by atoms with van der Waals surface area (Å²) in [6, 6.07) is 3.25. The Balaban J connectivity index is 2.72. The molecule has 0 heterocycles. The number of carboxylic acid groups (broad SMARTS) is 1. The molecule has 8 heteroatoms. The van der Waals surface area contributed by atoms with Gasteiger partial charge in [0, 0.05) is 4.47 Å². The standard InChI is InChI=1S/C13H15BrN2O5/c1-7-3-4-8(14)9(5-7)15-13(20)16-10(12(18)19)6-11(17)21-2/h3-5,10H,6H2,1-2H3,(H,18,19)(H2,15,16,20)/t10-/m0/s1. The van der Waals surface area contributed by atoms with Gasteiger partial charge in [-0.15, -0.1) is 0 Å². The molecule has 0 saturated carbocycles. The van der Waals surface area contributed by atoms with Crippen molar-refractivity contribution in [3.8, 4) is 0 Å². The Morgan fingerprint density at radius 1 is 1.38 bits per heavy atom. The number of nitrogens with one attached hydrogen (secondary N) is 2. The summed E-state index contributed by atoms with van der Waals surface area (Å²) in [6.07, 6.45) is -0.450. The van der Waals surface area contributed by atoms with Gasteiger partial charge in [0.25, 0.3) is 0 Å². The minimum absolute atomic E-state index is 0.450. The minimum atomic E-state index is -1.36. The van der Waals surface area contributed by atoms with E-state index in [1.54, 1.807) is 12.1 Å². The maximum Gasteiger partial charge on any atom is 0.326 e. The Morgan fingerprint density at radius 2 is 2.05 bits per heavy atom. The zero-order chi connectivity index (χ0) is 16.0. The van der Waals surface area contributed by atoms with E-state index in [0.29, 0.717) is 10.2 Å². The van der Waals surface area contributed by atoms with E-state index in [4.69, 9.17) is 5.11 Å². The molecule has 0 aliphatic rings. The summed E-state index contributed by atoms with van der Waals surface area (Å²) in [5.41, 5.74) is 1.42. The molecule has 1 aromatic carbocycles. The second-order valence-electron chi connectivity index (χ2n) is 4.25. The lowest BCUT2D eigenvalue weighted by Crippen LogP contribution is -2.44. The number of hydrogen-bond acceptors (Lipinski definition) is 4. The number of benzene rings is 1. The highest BCUT2D eigenvalue weighted by Gasteiger charge is 2.23. The topological polar surface area (TPSA) is 105 Å². The second kappa shape index (κ2) is 7.63. The minimum Gasteiger partial charge on any atom is -0.480 e. The number of urea groups is 1. The first kappa shape index (κ1) is 17.0. The molecule has 21 heavy (non-hydrogen) atoms. The number of halogens is 1. The van der Waals surface area contributed by atoms with Crippen molar-refractivity contribution >= 4 is 39.6 Å². The number of amides is 2. The molecule has 1 rings (SSSR count). The number of aryl methyl sites for hydroxylation is 1. The van der Waals surface area contributed by atoms with Crippen molar-refractivity contribution < 1.29 is 24.2 Å². The van der Waals surface area contributed by atoms with Crippen molar-refractivity contribution in [2.45, 2.75) is 19.4 Å². The van der Waals surface area contributed by atoms with Crippen molar-refractivity contribution in [2.24, 2.45) is 0 Å². The molecule has 7 nitrogen and oxygen atoms in total. The highest BCUT2D eigenvalue weighted by Crippen LogP contribution is 2.23. The SMILES string of the molecule is COC(=O)C[C@H](NC(=O)Nc1cc(C)ccc1Br)C(=O)O. The van der Waals surface area contributed by atoms with E-state index in [-0.39, 0.29) is 0 Å². The van der Waals surface area contributed by atoms with Crippen LogP contribution in [0.25, 0.3) is 0 Å². The zero-order valence-corrected chi connectivity index (χ0v) is 13.1. The van der Waals surface area contributed by atoms with Gasteiger partial charge in [0.2, 0.25) is 0 Å². The molecule has 1 aromatic rings. The molecule has 3 N–H and O–H groups in total. The van der Waals surface area contributed by atoms with E-state index in [1.807, 2.05) is 13.0 Å². The third-order valence-electron chi connectivity index (χ3n) is 2.57. The molecular formula is C13H15BrN2O5. The zero-order valence-electron chi connectivity index (χ0n) is 11.5. The van der Waals surface area contributed by atoms with E-state index in [0.717, 1.165) is 12.7 Å². The average molecular weight is 359 g/mol. The van der Waals surface area contributed by atoms with Crippen LogP contribution in [0.15, 0.2) is 22.7 Å². The summed E-state index contributed by atoms with van der Waals surface area (Å²) in [6.45, 7) is 1.85. The summed E-state index contributed by atoms with van der Waals surface area (Å²) >= 11 is 3.27. The van der Waals surface area contributed by atoms with Gasteiger partial charge < -0.3 is 20.5 Å². The van der Waals surface area contributed by atoms with Crippen LogP contribution >= 0.6 is 15.9 Å². The van der Waals surface area contributed by atoms with Crippen LogP contribution in [0, 0.1) is 6.92 Å². The van der Waals surface area contributed by atoms with Crippen LogP contribution < -0.4 is 10.6 Å².